The highest BCUT2D eigenvalue weighted by atomic mass is 16.1. The van der Waals surface area contributed by atoms with Crippen molar-refractivity contribution in [3.63, 3.8) is 0 Å². The highest BCUT2D eigenvalue weighted by Gasteiger charge is 2.37. The quantitative estimate of drug-likeness (QED) is 0.609. The largest absolute Gasteiger partial charge is 0.356 e. The van der Waals surface area contributed by atoms with E-state index in [0.717, 1.165) is 25.3 Å². The predicted molar refractivity (Wildman–Crippen MR) is 52.3 cm³/mol. The van der Waals surface area contributed by atoms with Gasteiger partial charge in [-0.05, 0) is 30.6 Å². The van der Waals surface area contributed by atoms with Crippen LogP contribution in [-0.2, 0) is 4.79 Å². The van der Waals surface area contributed by atoms with Crippen LogP contribution >= 0.6 is 0 Å². The predicted octanol–water partition coefficient (Wildman–Crippen LogP) is 2.09. The lowest BCUT2D eigenvalue weighted by Gasteiger charge is -2.42. The minimum atomic E-state index is 0.254. The molecule has 13 heavy (non-hydrogen) atoms. The van der Waals surface area contributed by atoms with Crippen LogP contribution in [0.4, 0.5) is 0 Å². The molecule has 0 aromatic carbocycles. The number of hydrogen-bond acceptors (Lipinski definition) is 1. The highest BCUT2D eigenvalue weighted by Crippen LogP contribution is 2.43. The van der Waals surface area contributed by atoms with Crippen molar-refractivity contribution in [1.82, 2.24) is 5.32 Å². The maximum absolute atomic E-state index is 11.1. The number of rotatable bonds is 0. The summed E-state index contributed by atoms with van der Waals surface area (Å²) in [6.07, 6.45) is 7.29. The molecule has 0 radical (unpaired) electrons. The van der Waals surface area contributed by atoms with Crippen LogP contribution in [0.2, 0.25) is 0 Å². The second kappa shape index (κ2) is 3.32. The van der Waals surface area contributed by atoms with Crippen molar-refractivity contribution < 1.29 is 4.79 Å². The fraction of sp³-hybridized carbons (Fsp3) is 0.909. The molecule has 1 spiro atoms. The van der Waals surface area contributed by atoms with Gasteiger partial charge in [0, 0.05) is 13.0 Å². The SMILES string of the molecule is CC1CCCC2(CCC(=O)NC2)C1. The van der Waals surface area contributed by atoms with Crippen LogP contribution in [-0.4, -0.2) is 12.5 Å². The molecule has 0 aromatic rings. The van der Waals surface area contributed by atoms with E-state index in [1.807, 2.05) is 0 Å². The molecular formula is C11H19NO. The fourth-order valence-corrected chi connectivity index (χ4v) is 3.00. The van der Waals surface area contributed by atoms with Gasteiger partial charge in [0.05, 0.1) is 0 Å². The Morgan fingerprint density at radius 1 is 1.46 bits per heavy atom. The van der Waals surface area contributed by atoms with E-state index in [1.165, 1.54) is 25.7 Å². The molecule has 1 saturated carbocycles. The minimum absolute atomic E-state index is 0.254. The van der Waals surface area contributed by atoms with Crippen LogP contribution in [0.3, 0.4) is 0 Å². The first-order valence-corrected chi connectivity index (χ1v) is 5.47. The molecule has 1 amide bonds. The lowest BCUT2D eigenvalue weighted by Crippen LogP contribution is -2.45. The Labute approximate surface area is 80.1 Å². The van der Waals surface area contributed by atoms with Crippen molar-refractivity contribution in [1.29, 1.82) is 0 Å². The molecule has 2 heteroatoms. The summed E-state index contributed by atoms with van der Waals surface area (Å²) in [6, 6.07) is 0. The molecule has 1 aliphatic carbocycles. The van der Waals surface area contributed by atoms with Gasteiger partial charge in [-0.15, -0.1) is 0 Å². The van der Waals surface area contributed by atoms with Crippen molar-refractivity contribution >= 4 is 5.91 Å². The van der Waals surface area contributed by atoms with E-state index in [2.05, 4.69) is 12.2 Å². The van der Waals surface area contributed by atoms with Crippen LogP contribution in [0.25, 0.3) is 0 Å². The fourth-order valence-electron chi connectivity index (χ4n) is 3.00. The summed E-state index contributed by atoms with van der Waals surface area (Å²) in [7, 11) is 0. The lowest BCUT2D eigenvalue weighted by atomic mass is 9.66. The van der Waals surface area contributed by atoms with Gasteiger partial charge in [-0.1, -0.05) is 19.8 Å². The van der Waals surface area contributed by atoms with Crippen LogP contribution in [0.5, 0.6) is 0 Å². The molecule has 0 aromatic heterocycles. The first-order chi connectivity index (χ1) is 6.20. The third-order valence-corrected chi connectivity index (χ3v) is 3.73. The number of piperidine rings is 1. The highest BCUT2D eigenvalue weighted by molar-refractivity contribution is 5.76. The molecule has 2 nitrogen and oxygen atoms in total. The van der Waals surface area contributed by atoms with E-state index in [0.29, 0.717) is 5.41 Å². The molecule has 2 aliphatic rings. The number of nitrogens with one attached hydrogen (secondary N) is 1. The first-order valence-electron chi connectivity index (χ1n) is 5.47. The first kappa shape index (κ1) is 9.04. The molecule has 2 atom stereocenters. The third-order valence-electron chi connectivity index (χ3n) is 3.73. The maximum atomic E-state index is 11.1. The Balaban J connectivity index is 1.99. The standard InChI is InChI=1S/C11H19NO/c1-9-3-2-5-11(7-9)6-4-10(13)12-8-11/h9H,2-8H2,1H3,(H,12,13). The molecule has 74 valence electrons. The Kier molecular flexibility index (Phi) is 2.31. The molecule has 2 fully saturated rings. The Hall–Kier alpha value is -0.530. The van der Waals surface area contributed by atoms with Crippen LogP contribution in [0, 0.1) is 11.3 Å². The molecule has 1 aliphatic heterocycles. The van der Waals surface area contributed by atoms with Gasteiger partial charge in [0.15, 0.2) is 0 Å². The van der Waals surface area contributed by atoms with Gasteiger partial charge in [-0.3, -0.25) is 4.79 Å². The number of carbonyl (C=O) groups excluding carboxylic acids is 1. The summed E-state index contributed by atoms with van der Waals surface area (Å²) in [6.45, 7) is 3.29. The Morgan fingerprint density at radius 2 is 2.31 bits per heavy atom. The molecule has 0 bridgehead atoms. The average molecular weight is 181 g/mol. The summed E-state index contributed by atoms with van der Waals surface area (Å²) in [5, 5.41) is 3.02. The lowest BCUT2D eigenvalue weighted by molar-refractivity contribution is -0.125. The van der Waals surface area contributed by atoms with Crippen molar-refractivity contribution in [2.45, 2.75) is 45.4 Å². The number of hydrogen-bond donors (Lipinski definition) is 1. The van der Waals surface area contributed by atoms with Crippen molar-refractivity contribution in [2.75, 3.05) is 6.54 Å². The Bertz CT molecular complexity index is 202. The average Bonchev–Trinajstić information content (AvgIpc) is 2.11. The molecular weight excluding hydrogens is 162 g/mol. The van der Waals surface area contributed by atoms with E-state index < -0.39 is 0 Å². The monoisotopic (exact) mass is 181 g/mol. The summed E-state index contributed by atoms with van der Waals surface area (Å²) in [4.78, 5) is 11.1. The van der Waals surface area contributed by atoms with E-state index in [-0.39, 0.29) is 5.91 Å². The zero-order valence-electron chi connectivity index (χ0n) is 8.44. The summed E-state index contributed by atoms with van der Waals surface area (Å²) >= 11 is 0. The van der Waals surface area contributed by atoms with Crippen LogP contribution < -0.4 is 5.32 Å². The van der Waals surface area contributed by atoms with Crippen molar-refractivity contribution in [2.24, 2.45) is 11.3 Å². The van der Waals surface area contributed by atoms with E-state index >= 15 is 0 Å². The smallest absolute Gasteiger partial charge is 0.220 e. The normalized spacial score (nSPS) is 40.4. The minimum Gasteiger partial charge on any atom is -0.356 e. The van der Waals surface area contributed by atoms with Gasteiger partial charge in [-0.2, -0.15) is 0 Å². The van der Waals surface area contributed by atoms with E-state index in [1.54, 1.807) is 0 Å². The van der Waals surface area contributed by atoms with Crippen LogP contribution in [0.1, 0.15) is 45.4 Å². The number of amides is 1. The maximum Gasteiger partial charge on any atom is 0.220 e. The van der Waals surface area contributed by atoms with E-state index in [9.17, 15) is 4.79 Å². The molecule has 2 rings (SSSR count). The Morgan fingerprint density at radius 3 is 2.92 bits per heavy atom. The summed E-state index contributed by atoms with van der Waals surface area (Å²) in [5.41, 5.74) is 0.478. The number of carbonyl (C=O) groups is 1. The van der Waals surface area contributed by atoms with Gasteiger partial charge in [0.1, 0.15) is 0 Å². The van der Waals surface area contributed by atoms with Gasteiger partial charge in [-0.25, -0.2) is 0 Å². The van der Waals surface area contributed by atoms with Gasteiger partial charge in [0.2, 0.25) is 5.91 Å². The molecule has 1 N–H and O–H groups in total. The second-order valence-electron chi connectivity index (χ2n) is 4.98. The molecule has 2 unspecified atom stereocenters. The third kappa shape index (κ3) is 1.87. The molecule has 1 saturated heterocycles. The van der Waals surface area contributed by atoms with Crippen molar-refractivity contribution in [3.05, 3.63) is 0 Å². The van der Waals surface area contributed by atoms with Gasteiger partial charge < -0.3 is 5.32 Å². The van der Waals surface area contributed by atoms with Crippen LogP contribution in [0.15, 0.2) is 0 Å². The summed E-state index contributed by atoms with van der Waals surface area (Å²) < 4.78 is 0. The van der Waals surface area contributed by atoms with Crippen molar-refractivity contribution in [3.8, 4) is 0 Å². The van der Waals surface area contributed by atoms with Gasteiger partial charge >= 0.3 is 0 Å². The molecule has 1 heterocycles. The zero-order chi connectivity index (χ0) is 9.31. The summed E-state index contributed by atoms with van der Waals surface area (Å²) in [5.74, 6) is 1.12. The van der Waals surface area contributed by atoms with E-state index in [4.69, 9.17) is 0 Å². The second-order valence-corrected chi connectivity index (χ2v) is 4.98. The zero-order valence-corrected chi connectivity index (χ0v) is 8.44. The van der Waals surface area contributed by atoms with Gasteiger partial charge in [0.25, 0.3) is 0 Å². The topological polar surface area (TPSA) is 29.1 Å².